The third-order valence-electron chi connectivity index (χ3n) is 2.70. The Morgan fingerprint density at radius 3 is 2.62 bits per heavy atom. The number of halogens is 3. The molecule has 0 radical (unpaired) electrons. The van der Waals surface area contributed by atoms with Crippen molar-refractivity contribution in [1.29, 1.82) is 0 Å². The van der Waals surface area contributed by atoms with Crippen molar-refractivity contribution >= 4 is 5.91 Å². The molecule has 1 N–H and O–H groups in total. The highest BCUT2D eigenvalue weighted by Gasteiger charge is 2.28. The third kappa shape index (κ3) is 7.53. The Kier molecular flexibility index (Phi) is 6.98. The van der Waals surface area contributed by atoms with Crippen LogP contribution < -0.4 is 10.1 Å². The van der Waals surface area contributed by atoms with Crippen LogP contribution in [0.4, 0.5) is 13.2 Å². The molecule has 21 heavy (non-hydrogen) atoms. The number of hydrogen-bond donors (Lipinski definition) is 1. The number of nitrogens with zero attached hydrogens (tertiary/aromatic N) is 1. The fourth-order valence-corrected chi connectivity index (χ4v) is 1.61. The molecule has 1 heterocycles. The van der Waals surface area contributed by atoms with E-state index in [0.717, 1.165) is 25.7 Å². The summed E-state index contributed by atoms with van der Waals surface area (Å²) in [6.45, 7) is 1.28. The Morgan fingerprint density at radius 2 is 2.05 bits per heavy atom. The van der Waals surface area contributed by atoms with Gasteiger partial charge in [-0.2, -0.15) is 13.2 Å². The number of unbranched alkanes of at least 4 members (excludes halogenated alkanes) is 3. The van der Waals surface area contributed by atoms with Crippen molar-refractivity contribution in [3.05, 3.63) is 23.9 Å². The first-order valence-corrected chi connectivity index (χ1v) is 6.86. The molecule has 1 amide bonds. The van der Waals surface area contributed by atoms with Gasteiger partial charge < -0.3 is 10.1 Å². The summed E-state index contributed by atoms with van der Waals surface area (Å²) in [5.74, 6) is -0.451. The summed E-state index contributed by atoms with van der Waals surface area (Å²) in [6.07, 6.45) is 1.00. The number of ether oxygens (including phenoxy) is 1. The van der Waals surface area contributed by atoms with E-state index >= 15 is 0 Å². The van der Waals surface area contributed by atoms with Gasteiger partial charge in [0.1, 0.15) is 0 Å². The lowest BCUT2D eigenvalue weighted by atomic mass is 10.2. The summed E-state index contributed by atoms with van der Waals surface area (Å²) in [7, 11) is 0. The Bertz CT molecular complexity index is 433. The van der Waals surface area contributed by atoms with Crippen molar-refractivity contribution < 1.29 is 22.7 Å². The minimum absolute atomic E-state index is 0.160. The molecule has 0 aliphatic heterocycles. The first-order chi connectivity index (χ1) is 9.92. The molecule has 4 nitrogen and oxygen atoms in total. The number of amides is 1. The third-order valence-corrected chi connectivity index (χ3v) is 2.70. The lowest BCUT2D eigenvalue weighted by molar-refractivity contribution is -0.154. The number of aromatic nitrogens is 1. The lowest BCUT2D eigenvalue weighted by Gasteiger charge is -2.09. The average Bonchev–Trinajstić information content (AvgIpc) is 2.44. The lowest BCUT2D eigenvalue weighted by Crippen LogP contribution is -2.24. The second-order valence-corrected chi connectivity index (χ2v) is 4.61. The molecule has 0 fully saturated rings. The molecule has 7 heteroatoms. The predicted octanol–water partition coefficient (Wildman–Crippen LogP) is 3.33. The zero-order valence-electron chi connectivity index (χ0n) is 11.9. The standard InChI is InChI=1S/C14H19F3N2O2/c1-2-3-4-5-8-18-13(20)11-6-7-12(19-9-11)21-10-14(15,16)17/h6-7,9H,2-5,8,10H2,1H3,(H,18,20). The Labute approximate surface area is 121 Å². The monoisotopic (exact) mass is 304 g/mol. The molecular formula is C14H19F3N2O2. The van der Waals surface area contributed by atoms with Gasteiger partial charge in [0.25, 0.3) is 5.91 Å². The molecule has 0 aromatic carbocycles. The van der Waals surface area contributed by atoms with Gasteiger partial charge in [-0.15, -0.1) is 0 Å². The van der Waals surface area contributed by atoms with E-state index in [2.05, 4.69) is 22.0 Å². The fourth-order valence-electron chi connectivity index (χ4n) is 1.61. The van der Waals surface area contributed by atoms with E-state index in [1.807, 2.05) is 0 Å². The Morgan fingerprint density at radius 1 is 1.29 bits per heavy atom. The van der Waals surface area contributed by atoms with Gasteiger partial charge in [-0.05, 0) is 12.5 Å². The van der Waals surface area contributed by atoms with Crippen LogP contribution in [0.1, 0.15) is 43.0 Å². The molecule has 1 aromatic rings. The van der Waals surface area contributed by atoms with Crippen molar-refractivity contribution in [3.63, 3.8) is 0 Å². The topological polar surface area (TPSA) is 51.2 Å². The number of hydrogen-bond acceptors (Lipinski definition) is 3. The summed E-state index contributed by atoms with van der Waals surface area (Å²) in [5.41, 5.74) is 0.296. The minimum atomic E-state index is -4.41. The Balaban J connectivity index is 2.37. The molecule has 0 saturated carbocycles. The molecule has 0 aliphatic carbocycles. The SMILES string of the molecule is CCCCCCNC(=O)c1ccc(OCC(F)(F)F)nc1. The van der Waals surface area contributed by atoms with Gasteiger partial charge in [0, 0.05) is 18.8 Å². The normalized spacial score (nSPS) is 11.2. The number of alkyl halides is 3. The van der Waals surface area contributed by atoms with E-state index in [0.29, 0.717) is 12.1 Å². The van der Waals surface area contributed by atoms with Gasteiger partial charge in [-0.25, -0.2) is 4.98 Å². The van der Waals surface area contributed by atoms with Crippen molar-refractivity contribution in [2.24, 2.45) is 0 Å². The molecule has 1 aromatic heterocycles. The van der Waals surface area contributed by atoms with Crippen LogP contribution in [0.3, 0.4) is 0 Å². The average molecular weight is 304 g/mol. The van der Waals surface area contributed by atoms with Crippen LogP contribution in [0.5, 0.6) is 5.88 Å². The van der Waals surface area contributed by atoms with E-state index in [4.69, 9.17) is 0 Å². The quantitative estimate of drug-likeness (QED) is 0.749. The largest absolute Gasteiger partial charge is 0.468 e. The fraction of sp³-hybridized carbons (Fsp3) is 0.571. The van der Waals surface area contributed by atoms with Crippen LogP contribution in [0.2, 0.25) is 0 Å². The van der Waals surface area contributed by atoms with Crippen LogP contribution in [0, 0.1) is 0 Å². The van der Waals surface area contributed by atoms with Gasteiger partial charge in [-0.1, -0.05) is 26.2 Å². The van der Waals surface area contributed by atoms with Gasteiger partial charge in [0.2, 0.25) is 5.88 Å². The van der Waals surface area contributed by atoms with Crippen LogP contribution in [-0.2, 0) is 0 Å². The van der Waals surface area contributed by atoms with Crippen molar-refractivity contribution in [2.45, 2.75) is 38.8 Å². The smallest absolute Gasteiger partial charge is 0.422 e. The molecule has 118 valence electrons. The van der Waals surface area contributed by atoms with Crippen LogP contribution in [0.25, 0.3) is 0 Å². The summed E-state index contributed by atoms with van der Waals surface area (Å²) in [6, 6.07) is 2.64. The highest BCUT2D eigenvalue weighted by molar-refractivity contribution is 5.93. The number of carbonyl (C=O) groups is 1. The zero-order valence-corrected chi connectivity index (χ0v) is 11.9. The second kappa shape index (κ2) is 8.49. The highest BCUT2D eigenvalue weighted by Crippen LogP contribution is 2.17. The van der Waals surface area contributed by atoms with Crippen molar-refractivity contribution in [2.75, 3.05) is 13.2 Å². The van der Waals surface area contributed by atoms with Crippen LogP contribution in [0.15, 0.2) is 18.3 Å². The second-order valence-electron chi connectivity index (χ2n) is 4.61. The maximum Gasteiger partial charge on any atom is 0.422 e. The van der Waals surface area contributed by atoms with Crippen molar-refractivity contribution in [1.82, 2.24) is 10.3 Å². The van der Waals surface area contributed by atoms with E-state index < -0.39 is 12.8 Å². The van der Waals surface area contributed by atoms with Gasteiger partial charge in [-0.3, -0.25) is 4.79 Å². The van der Waals surface area contributed by atoms with Crippen LogP contribution in [-0.4, -0.2) is 30.2 Å². The van der Waals surface area contributed by atoms with Gasteiger partial charge in [0.15, 0.2) is 6.61 Å². The first kappa shape index (κ1) is 17.3. The van der Waals surface area contributed by atoms with E-state index in [1.54, 1.807) is 0 Å². The molecule has 1 rings (SSSR count). The molecule has 0 spiro atoms. The summed E-state index contributed by atoms with van der Waals surface area (Å²) in [4.78, 5) is 15.4. The van der Waals surface area contributed by atoms with Crippen molar-refractivity contribution in [3.8, 4) is 5.88 Å². The van der Waals surface area contributed by atoms with Gasteiger partial charge in [0.05, 0.1) is 5.56 Å². The zero-order chi connectivity index (χ0) is 15.7. The highest BCUT2D eigenvalue weighted by atomic mass is 19.4. The summed E-state index contributed by atoms with van der Waals surface area (Å²) < 4.78 is 40.3. The number of rotatable bonds is 8. The molecule has 0 aliphatic rings. The maximum absolute atomic E-state index is 12.0. The predicted molar refractivity (Wildman–Crippen MR) is 72.3 cm³/mol. The number of carbonyl (C=O) groups excluding carboxylic acids is 1. The van der Waals surface area contributed by atoms with E-state index in [1.165, 1.54) is 18.3 Å². The molecular weight excluding hydrogens is 285 g/mol. The van der Waals surface area contributed by atoms with Crippen LogP contribution >= 0.6 is 0 Å². The summed E-state index contributed by atoms with van der Waals surface area (Å²) >= 11 is 0. The summed E-state index contributed by atoms with van der Waals surface area (Å²) in [5, 5.41) is 2.73. The molecule has 0 atom stereocenters. The molecule has 0 unspecified atom stereocenters. The number of pyridine rings is 1. The molecule has 0 saturated heterocycles. The van der Waals surface area contributed by atoms with Gasteiger partial charge >= 0.3 is 6.18 Å². The Hall–Kier alpha value is -1.79. The van der Waals surface area contributed by atoms with E-state index in [9.17, 15) is 18.0 Å². The first-order valence-electron chi connectivity index (χ1n) is 6.86. The van der Waals surface area contributed by atoms with E-state index in [-0.39, 0.29) is 11.8 Å². The maximum atomic E-state index is 12.0. The minimum Gasteiger partial charge on any atom is -0.468 e. The number of nitrogens with one attached hydrogen (secondary N) is 1. The molecule has 0 bridgehead atoms.